The van der Waals surface area contributed by atoms with Gasteiger partial charge in [-0.2, -0.15) is 0 Å². The van der Waals surface area contributed by atoms with E-state index < -0.39 is 5.60 Å². The minimum absolute atomic E-state index is 0.291. The smallest absolute Gasteiger partial charge is 0.350 e. The molecule has 1 aliphatic rings. The number of ether oxygens (including phenoxy) is 3. The van der Waals surface area contributed by atoms with E-state index in [4.69, 9.17) is 14.2 Å². The first-order valence-electron chi connectivity index (χ1n) is 7.48. The Labute approximate surface area is 129 Å². The number of carbonyl (C=O) groups excluding carboxylic acids is 1. The first kappa shape index (κ1) is 14.6. The third-order valence-electron chi connectivity index (χ3n) is 3.98. The molecule has 22 heavy (non-hydrogen) atoms. The lowest BCUT2D eigenvalue weighted by atomic mass is 9.80. The minimum Gasteiger partial charge on any atom is -0.481 e. The van der Waals surface area contributed by atoms with Crippen molar-refractivity contribution >= 4 is 16.9 Å². The average Bonchev–Trinajstić information content (AvgIpc) is 2.50. The second-order valence-corrected chi connectivity index (χ2v) is 5.35. The number of pyridine rings is 1. The van der Waals surface area contributed by atoms with Crippen LogP contribution in [0.4, 0.5) is 0 Å². The summed E-state index contributed by atoms with van der Waals surface area (Å²) >= 11 is 0. The number of esters is 1. The van der Waals surface area contributed by atoms with Gasteiger partial charge in [-0.3, -0.25) is 0 Å². The second-order valence-electron chi connectivity index (χ2n) is 5.35. The summed E-state index contributed by atoms with van der Waals surface area (Å²) in [6.07, 6.45) is 2.30. The number of para-hydroxylation sites is 1. The molecule has 0 spiro atoms. The average molecular weight is 301 g/mol. The van der Waals surface area contributed by atoms with E-state index in [9.17, 15) is 4.79 Å². The largest absolute Gasteiger partial charge is 0.481 e. The van der Waals surface area contributed by atoms with Crippen LogP contribution < -0.4 is 9.47 Å². The van der Waals surface area contributed by atoms with Crippen LogP contribution in [0.5, 0.6) is 11.6 Å². The minimum atomic E-state index is -0.870. The quantitative estimate of drug-likeness (QED) is 0.794. The van der Waals surface area contributed by atoms with Gasteiger partial charge in [-0.05, 0) is 38.3 Å². The fraction of sp³-hybridized carbons (Fsp3) is 0.412. The predicted octanol–water partition coefficient (Wildman–Crippen LogP) is 3.11. The fourth-order valence-electron chi connectivity index (χ4n) is 2.63. The Bertz CT molecular complexity index is 694. The van der Waals surface area contributed by atoms with Crippen molar-refractivity contribution in [1.82, 2.24) is 4.98 Å². The molecule has 3 rings (SSSR count). The number of carbonyl (C=O) groups is 1. The summed E-state index contributed by atoms with van der Waals surface area (Å²) in [6, 6.07) is 9.36. The van der Waals surface area contributed by atoms with Gasteiger partial charge in [0.1, 0.15) is 5.75 Å². The molecule has 0 bridgehead atoms. The van der Waals surface area contributed by atoms with Crippen LogP contribution in [0.25, 0.3) is 10.9 Å². The molecule has 1 fully saturated rings. The Morgan fingerprint density at radius 2 is 2.09 bits per heavy atom. The van der Waals surface area contributed by atoms with Crippen LogP contribution in [0.3, 0.4) is 0 Å². The molecule has 1 aromatic heterocycles. The molecule has 1 heterocycles. The number of hydrogen-bond donors (Lipinski definition) is 0. The third-order valence-corrected chi connectivity index (χ3v) is 3.98. The van der Waals surface area contributed by atoms with Gasteiger partial charge in [0.2, 0.25) is 11.5 Å². The first-order chi connectivity index (χ1) is 10.7. The van der Waals surface area contributed by atoms with Gasteiger partial charge in [-0.1, -0.05) is 12.1 Å². The molecule has 0 saturated heterocycles. The molecule has 1 saturated carbocycles. The summed E-state index contributed by atoms with van der Waals surface area (Å²) in [5, 5.41) is 0.860. The molecule has 1 aromatic carbocycles. The Hall–Kier alpha value is -2.30. The zero-order valence-electron chi connectivity index (χ0n) is 12.8. The van der Waals surface area contributed by atoms with Crippen LogP contribution in [-0.2, 0) is 9.53 Å². The maximum atomic E-state index is 12.2. The monoisotopic (exact) mass is 301 g/mol. The van der Waals surface area contributed by atoms with E-state index in [1.165, 1.54) is 0 Å². The predicted molar refractivity (Wildman–Crippen MR) is 82.1 cm³/mol. The van der Waals surface area contributed by atoms with Crippen LogP contribution in [-0.4, -0.2) is 30.3 Å². The number of aromatic nitrogens is 1. The highest BCUT2D eigenvalue weighted by Gasteiger charge is 2.48. The molecule has 0 radical (unpaired) electrons. The fourth-order valence-corrected chi connectivity index (χ4v) is 2.63. The van der Waals surface area contributed by atoms with Crippen molar-refractivity contribution in [2.45, 2.75) is 31.8 Å². The highest BCUT2D eigenvalue weighted by Crippen LogP contribution is 2.40. The molecule has 0 N–H and O–H groups in total. The van der Waals surface area contributed by atoms with Gasteiger partial charge in [0.15, 0.2) is 0 Å². The number of fused-ring (bicyclic) bond motifs is 1. The van der Waals surface area contributed by atoms with Crippen molar-refractivity contribution in [1.29, 1.82) is 0 Å². The summed E-state index contributed by atoms with van der Waals surface area (Å²) in [6.45, 7) is 2.15. The standard InChI is InChI=1S/C17H19NO4/c1-3-21-16(19)17(9-6-10-17)22-14-11-15(20-2)18-13-8-5-4-7-12(13)14/h4-5,7-8,11H,3,6,9-10H2,1-2H3. The Kier molecular flexibility index (Phi) is 3.88. The second kappa shape index (κ2) is 5.83. The molecule has 0 unspecified atom stereocenters. The molecule has 0 amide bonds. The summed E-state index contributed by atoms with van der Waals surface area (Å²) in [4.78, 5) is 16.6. The number of methoxy groups -OCH3 is 1. The van der Waals surface area contributed by atoms with E-state index >= 15 is 0 Å². The summed E-state index contributed by atoms with van der Waals surface area (Å²) in [7, 11) is 1.56. The molecule has 1 aliphatic carbocycles. The van der Waals surface area contributed by atoms with Crippen LogP contribution in [0.15, 0.2) is 30.3 Å². The first-order valence-corrected chi connectivity index (χ1v) is 7.48. The zero-order chi connectivity index (χ0) is 15.6. The van der Waals surface area contributed by atoms with Crippen LogP contribution in [0.1, 0.15) is 26.2 Å². The lowest BCUT2D eigenvalue weighted by Crippen LogP contribution is -2.51. The van der Waals surface area contributed by atoms with Gasteiger partial charge in [0.25, 0.3) is 0 Å². The Morgan fingerprint density at radius 1 is 1.32 bits per heavy atom. The van der Waals surface area contributed by atoms with E-state index in [1.807, 2.05) is 24.3 Å². The SMILES string of the molecule is CCOC(=O)C1(Oc2cc(OC)nc3ccccc23)CCC1. The molecule has 5 nitrogen and oxygen atoms in total. The third kappa shape index (κ3) is 2.47. The summed E-state index contributed by atoms with van der Waals surface area (Å²) in [5.41, 5.74) is -0.0966. The van der Waals surface area contributed by atoms with Crippen molar-refractivity contribution in [2.75, 3.05) is 13.7 Å². The van der Waals surface area contributed by atoms with Gasteiger partial charge in [0.05, 0.1) is 19.2 Å². The van der Waals surface area contributed by atoms with Gasteiger partial charge in [-0.15, -0.1) is 0 Å². The van der Waals surface area contributed by atoms with Gasteiger partial charge >= 0.3 is 5.97 Å². The van der Waals surface area contributed by atoms with Gasteiger partial charge in [0, 0.05) is 11.5 Å². The maximum Gasteiger partial charge on any atom is 0.350 e. The van der Waals surface area contributed by atoms with Crippen LogP contribution >= 0.6 is 0 Å². The highest BCUT2D eigenvalue weighted by atomic mass is 16.6. The van der Waals surface area contributed by atoms with E-state index in [-0.39, 0.29) is 5.97 Å². The van der Waals surface area contributed by atoms with E-state index in [0.29, 0.717) is 31.1 Å². The van der Waals surface area contributed by atoms with Crippen LogP contribution in [0.2, 0.25) is 0 Å². The van der Waals surface area contributed by atoms with Crippen molar-refractivity contribution in [3.63, 3.8) is 0 Å². The number of nitrogens with zero attached hydrogens (tertiary/aromatic N) is 1. The molecule has 2 aromatic rings. The van der Waals surface area contributed by atoms with Gasteiger partial charge in [-0.25, -0.2) is 9.78 Å². The molecular formula is C17H19NO4. The van der Waals surface area contributed by atoms with E-state index in [1.54, 1.807) is 20.1 Å². The van der Waals surface area contributed by atoms with E-state index in [0.717, 1.165) is 17.3 Å². The Balaban J connectivity index is 2.00. The highest BCUT2D eigenvalue weighted by molar-refractivity contribution is 5.87. The zero-order valence-corrected chi connectivity index (χ0v) is 12.8. The summed E-state index contributed by atoms with van der Waals surface area (Å²) in [5.74, 6) is 0.781. The van der Waals surface area contributed by atoms with Crippen molar-refractivity contribution in [3.05, 3.63) is 30.3 Å². The molecular weight excluding hydrogens is 282 g/mol. The number of benzene rings is 1. The van der Waals surface area contributed by atoms with Gasteiger partial charge < -0.3 is 14.2 Å². The lowest BCUT2D eigenvalue weighted by molar-refractivity contribution is -0.169. The molecule has 0 atom stereocenters. The lowest BCUT2D eigenvalue weighted by Gasteiger charge is -2.39. The Morgan fingerprint density at radius 3 is 2.73 bits per heavy atom. The molecule has 116 valence electrons. The normalized spacial score (nSPS) is 15.9. The van der Waals surface area contributed by atoms with Crippen molar-refractivity contribution < 1.29 is 19.0 Å². The number of hydrogen-bond acceptors (Lipinski definition) is 5. The molecule has 0 aliphatic heterocycles. The van der Waals surface area contributed by atoms with Crippen LogP contribution in [0, 0.1) is 0 Å². The summed E-state index contributed by atoms with van der Waals surface area (Å²) < 4.78 is 16.5. The van der Waals surface area contributed by atoms with Crippen molar-refractivity contribution in [2.24, 2.45) is 0 Å². The maximum absolute atomic E-state index is 12.2. The van der Waals surface area contributed by atoms with E-state index in [2.05, 4.69) is 4.98 Å². The number of rotatable bonds is 5. The molecule has 5 heteroatoms. The topological polar surface area (TPSA) is 57.7 Å². The van der Waals surface area contributed by atoms with Crippen molar-refractivity contribution in [3.8, 4) is 11.6 Å².